The lowest BCUT2D eigenvalue weighted by atomic mass is 9.86. The van der Waals surface area contributed by atoms with E-state index < -0.39 is 0 Å². The molecule has 3 nitrogen and oxygen atoms in total. The van der Waals surface area contributed by atoms with Crippen molar-refractivity contribution in [1.82, 2.24) is 10.3 Å². The largest absolute Gasteiger partial charge is 0.444 e. The van der Waals surface area contributed by atoms with E-state index in [-0.39, 0.29) is 0 Å². The van der Waals surface area contributed by atoms with Gasteiger partial charge in [0.25, 0.3) is 0 Å². The van der Waals surface area contributed by atoms with E-state index in [1.807, 2.05) is 13.2 Å². The summed E-state index contributed by atoms with van der Waals surface area (Å²) in [5.74, 6) is 2.70. The van der Waals surface area contributed by atoms with Crippen molar-refractivity contribution < 1.29 is 4.42 Å². The van der Waals surface area contributed by atoms with Crippen LogP contribution in [0.1, 0.15) is 43.8 Å². The highest BCUT2D eigenvalue weighted by molar-refractivity contribution is 4.96. The highest BCUT2D eigenvalue weighted by Gasteiger charge is 2.15. The number of nitrogens with zero attached hydrogens (tertiary/aromatic N) is 1. The molecule has 1 fully saturated rings. The Morgan fingerprint density at radius 1 is 1.40 bits per heavy atom. The first-order chi connectivity index (χ1) is 7.38. The molecule has 0 radical (unpaired) electrons. The van der Waals surface area contributed by atoms with Crippen molar-refractivity contribution in [3.8, 4) is 0 Å². The summed E-state index contributed by atoms with van der Waals surface area (Å²) in [4.78, 5) is 4.24. The lowest BCUT2D eigenvalue weighted by Crippen LogP contribution is -2.08. The van der Waals surface area contributed by atoms with Crippen molar-refractivity contribution in [1.29, 1.82) is 0 Å². The number of hydrogen-bond acceptors (Lipinski definition) is 3. The summed E-state index contributed by atoms with van der Waals surface area (Å²) in [6, 6.07) is 0. The van der Waals surface area contributed by atoms with E-state index >= 15 is 0 Å². The molecule has 0 unspecified atom stereocenters. The van der Waals surface area contributed by atoms with Crippen LogP contribution in [-0.4, -0.2) is 12.0 Å². The van der Waals surface area contributed by atoms with Crippen LogP contribution >= 0.6 is 0 Å². The van der Waals surface area contributed by atoms with E-state index in [2.05, 4.69) is 10.3 Å². The SMILES string of the molecule is CNCc1ncc(CC2CCCCC2)o1. The second kappa shape index (κ2) is 5.31. The molecule has 0 bridgehead atoms. The summed E-state index contributed by atoms with van der Waals surface area (Å²) in [5.41, 5.74) is 0. The van der Waals surface area contributed by atoms with Gasteiger partial charge in [-0.1, -0.05) is 32.1 Å². The number of hydrogen-bond donors (Lipinski definition) is 1. The molecule has 1 saturated carbocycles. The zero-order valence-corrected chi connectivity index (χ0v) is 9.46. The van der Waals surface area contributed by atoms with Gasteiger partial charge < -0.3 is 9.73 Å². The molecule has 1 N–H and O–H groups in total. The van der Waals surface area contributed by atoms with Crippen LogP contribution in [0.2, 0.25) is 0 Å². The molecule has 1 aromatic heterocycles. The van der Waals surface area contributed by atoms with Gasteiger partial charge in [0.1, 0.15) is 5.76 Å². The molecule has 2 rings (SSSR count). The number of oxazole rings is 1. The molecule has 0 amide bonds. The highest BCUT2D eigenvalue weighted by Crippen LogP contribution is 2.26. The van der Waals surface area contributed by atoms with Gasteiger partial charge in [0, 0.05) is 6.42 Å². The second-order valence-electron chi connectivity index (χ2n) is 4.46. The molecule has 0 saturated heterocycles. The smallest absolute Gasteiger partial charge is 0.208 e. The summed E-state index contributed by atoms with van der Waals surface area (Å²) in [7, 11) is 1.91. The molecule has 1 aromatic rings. The van der Waals surface area contributed by atoms with Gasteiger partial charge in [0.05, 0.1) is 12.7 Å². The molecule has 15 heavy (non-hydrogen) atoms. The number of aromatic nitrogens is 1. The van der Waals surface area contributed by atoms with E-state index in [9.17, 15) is 0 Å². The molecule has 1 aliphatic carbocycles. The standard InChI is InChI=1S/C12H20N2O/c1-13-9-12-14-8-11(15-12)7-10-5-3-2-4-6-10/h8,10,13H,2-7,9H2,1H3. The molecular weight excluding hydrogens is 188 g/mol. The highest BCUT2D eigenvalue weighted by atomic mass is 16.4. The van der Waals surface area contributed by atoms with Crippen LogP contribution in [0.25, 0.3) is 0 Å². The van der Waals surface area contributed by atoms with Gasteiger partial charge in [-0.05, 0) is 13.0 Å². The van der Waals surface area contributed by atoms with E-state index in [1.54, 1.807) is 0 Å². The van der Waals surface area contributed by atoms with Crippen LogP contribution in [-0.2, 0) is 13.0 Å². The molecule has 0 aliphatic heterocycles. The molecule has 0 spiro atoms. The Labute approximate surface area is 91.3 Å². The van der Waals surface area contributed by atoms with Crippen molar-refractivity contribution in [2.45, 2.75) is 45.1 Å². The third-order valence-corrected chi connectivity index (χ3v) is 3.14. The Morgan fingerprint density at radius 2 is 2.20 bits per heavy atom. The Morgan fingerprint density at radius 3 is 2.93 bits per heavy atom. The predicted molar refractivity (Wildman–Crippen MR) is 59.5 cm³/mol. The summed E-state index contributed by atoms with van der Waals surface area (Å²) in [6.07, 6.45) is 9.89. The molecule has 84 valence electrons. The quantitative estimate of drug-likeness (QED) is 0.826. The molecule has 0 aromatic carbocycles. The fraction of sp³-hybridized carbons (Fsp3) is 0.750. The lowest BCUT2D eigenvalue weighted by molar-refractivity contribution is 0.328. The predicted octanol–water partition coefficient (Wildman–Crippen LogP) is 2.52. The summed E-state index contributed by atoms with van der Waals surface area (Å²) in [5, 5.41) is 3.04. The zero-order chi connectivity index (χ0) is 10.5. The minimum absolute atomic E-state index is 0.727. The van der Waals surface area contributed by atoms with Crippen LogP contribution in [0.4, 0.5) is 0 Å². The van der Waals surface area contributed by atoms with E-state index in [4.69, 9.17) is 4.42 Å². The Balaban J connectivity index is 1.86. The number of rotatable bonds is 4. The van der Waals surface area contributed by atoms with Gasteiger partial charge in [0.15, 0.2) is 0 Å². The third-order valence-electron chi connectivity index (χ3n) is 3.14. The summed E-state index contributed by atoms with van der Waals surface area (Å²) >= 11 is 0. The average Bonchev–Trinajstić information content (AvgIpc) is 2.68. The topological polar surface area (TPSA) is 38.1 Å². The second-order valence-corrected chi connectivity index (χ2v) is 4.46. The Bertz CT molecular complexity index is 290. The van der Waals surface area contributed by atoms with Gasteiger partial charge >= 0.3 is 0 Å². The van der Waals surface area contributed by atoms with E-state index in [0.717, 1.165) is 30.5 Å². The first kappa shape index (κ1) is 10.7. The van der Waals surface area contributed by atoms with Crippen LogP contribution in [0.3, 0.4) is 0 Å². The minimum Gasteiger partial charge on any atom is -0.444 e. The van der Waals surface area contributed by atoms with Crippen molar-refractivity contribution >= 4 is 0 Å². The van der Waals surface area contributed by atoms with E-state index in [1.165, 1.54) is 32.1 Å². The fourth-order valence-corrected chi connectivity index (χ4v) is 2.35. The van der Waals surface area contributed by atoms with Gasteiger partial charge in [-0.3, -0.25) is 0 Å². The molecule has 0 atom stereocenters. The molecule has 3 heteroatoms. The van der Waals surface area contributed by atoms with Gasteiger partial charge in [-0.15, -0.1) is 0 Å². The van der Waals surface area contributed by atoms with Crippen LogP contribution in [0, 0.1) is 5.92 Å². The van der Waals surface area contributed by atoms with Crippen LogP contribution < -0.4 is 5.32 Å². The lowest BCUT2D eigenvalue weighted by Gasteiger charge is -2.19. The minimum atomic E-state index is 0.727. The normalized spacial score (nSPS) is 18.2. The molecular formula is C12H20N2O. The van der Waals surface area contributed by atoms with Crippen LogP contribution in [0.5, 0.6) is 0 Å². The van der Waals surface area contributed by atoms with Crippen LogP contribution in [0.15, 0.2) is 10.6 Å². The fourth-order valence-electron chi connectivity index (χ4n) is 2.35. The maximum absolute atomic E-state index is 5.65. The zero-order valence-electron chi connectivity index (χ0n) is 9.46. The summed E-state index contributed by atoms with van der Waals surface area (Å²) in [6.45, 7) is 0.727. The number of nitrogens with one attached hydrogen (secondary N) is 1. The molecule has 1 aliphatic rings. The van der Waals surface area contributed by atoms with Crippen molar-refractivity contribution in [3.05, 3.63) is 17.8 Å². The van der Waals surface area contributed by atoms with Crippen molar-refractivity contribution in [2.75, 3.05) is 7.05 Å². The van der Waals surface area contributed by atoms with Gasteiger partial charge in [-0.25, -0.2) is 4.98 Å². The van der Waals surface area contributed by atoms with Crippen molar-refractivity contribution in [3.63, 3.8) is 0 Å². The van der Waals surface area contributed by atoms with Crippen molar-refractivity contribution in [2.24, 2.45) is 5.92 Å². The maximum atomic E-state index is 5.65. The van der Waals surface area contributed by atoms with Gasteiger partial charge in [0.2, 0.25) is 5.89 Å². The third kappa shape index (κ3) is 3.06. The first-order valence-corrected chi connectivity index (χ1v) is 5.96. The maximum Gasteiger partial charge on any atom is 0.208 e. The Hall–Kier alpha value is -0.830. The van der Waals surface area contributed by atoms with E-state index in [0.29, 0.717) is 0 Å². The first-order valence-electron chi connectivity index (χ1n) is 5.96. The monoisotopic (exact) mass is 208 g/mol. The average molecular weight is 208 g/mol. The Kier molecular flexibility index (Phi) is 3.78. The van der Waals surface area contributed by atoms with Gasteiger partial charge in [-0.2, -0.15) is 0 Å². The molecule has 1 heterocycles. The summed E-state index contributed by atoms with van der Waals surface area (Å²) < 4.78 is 5.65.